The molecule has 21 heavy (non-hydrogen) atoms. The van der Waals surface area contributed by atoms with Crippen molar-refractivity contribution in [3.05, 3.63) is 66.0 Å². The Bertz CT molecular complexity index is 793. The van der Waals surface area contributed by atoms with Gasteiger partial charge in [0, 0.05) is 6.08 Å². The Kier molecular flexibility index (Phi) is 3.75. The van der Waals surface area contributed by atoms with Crippen molar-refractivity contribution in [3.63, 3.8) is 0 Å². The Morgan fingerprint density at radius 1 is 1.19 bits per heavy atom. The number of fused-ring (bicyclic) bond motifs is 1. The van der Waals surface area contributed by atoms with Crippen LogP contribution in [0.1, 0.15) is 5.56 Å². The van der Waals surface area contributed by atoms with E-state index in [4.69, 9.17) is 0 Å². The molecular formula is C16H11FN2OS. The summed E-state index contributed by atoms with van der Waals surface area (Å²) in [5.74, 6) is -0.623. The van der Waals surface area contributed by atoms with Crippen LogP contribution in [0.5, 0.6) is 0 Å². The molecule has 1 N–H and O–H groups in total. The molecular weight excluding hydrogens is 287 g/mol. The first-order valence-corrected chi connectivity index (χ1v) is 7.12. The second-order valence-corrected chi connectivity index (χ2v) is 5.39. The minimum atomic E-state index is -0.330. The molecule has 0 aliphatic carbocycles. The molecule has 0 saturated heterocycles. The smallest absolute Gasteiger partial charge is 0.250 e. The summed E-state index contributed by atoms with van der Waals surface area (Å²) in [6.07, 6.45) is 2.92. The fourth-order valence-electron chi connectivity index (χ4n) is 1.85. The van der Waals surface area contributed by atoms with Crippen LogP contribution in [-0.4, -0.2) is 10.9 Å². The predicted molar refractivity (Wildman–Crippen MR) is 83.7 cm³/mol. The average Bonchev–Trinajstić information content (AvgIpc) is 2.87. The number of nitrogens with one attached hydrogen (secondary N) is 1. The number of carbonyl (C=O) groups excluding carboxylic acids is 1. The number of halogens is 1. The first-order valence-electron chi connectivity index (χ1n) is 6.31. The number of nitrogens with zero attached hydrogens (tertiary/aromatic N) is 1. The molecule has 1 amide bonds. The Morgan fingerprint density at radius 3 is 2.86 bits per heavy atom. The summed E-state index contributed by atoms with van der Waals surface area (Å²) in [6, 6.07) is 13.7. The van der Waals surface area contributed by atoms with E-state index in [1.165, 1.54) is 29.5 Å². The van der Waals surface area contributed by atoms with Crippen molar-refractivity contribution >= 4 is 38.7 Å². The van der Waals surface area contributed by atoms with Gasteiger partial charge in [-0.3, -0.25) is 10.1 Å². The van der Waals surface area contributed by atoms with E-state index in [9.17, 15) is 9.18 Å². The van der Waals surface area contributed by atoms with Crippen LogP contribution in [0.2, 0.25) is 0 Å². The summed E-state index contributed by atoms with van der Waals surface area (Å²) >= 11 is 1.41. The second-order valence-electron chi connectivity index (χ2n) is 4.36. The van der Waals surface area contributed by atoms with E-state index in [1.54, 1.807) is 18.2 Å². The number of carbonyl (C=O) groups is 1. The van der Waals surface area contributed by atoms with Crippen molar-refractivity contribution in [2.75, 3.05) is 5.32 Å². The Balaban J connectivity index is 1.71. The van der Waals surface area contributed by atoms with Crippen LogP contribution in [0, 0.1) is 5.82 Å². The topological polar surface area (TPSA) is 42.0 Å². The summed E-state index contributed by atoms with van der Waals surface area (Å²) in [7, 11) is 0. The molecule has 0 unspecified atom stereocenters. The molecule has 1 heterocycles. The molecule has 3 aromatic rings. The molecule has 3 rings (SSSR count). The maximum Gasteiger partial charge on any atom is 0.250 e. The lowest BCUT2D eigenvalue weighted by atomic mass is 10.2. The highest BCUT2D eigenvalue weighted by molar-refractivity contribution is 7.22. The number of hydrogen-bond donors (Lipinski definition) is 1. The quantitative estimate of drug-likeness (QED) is 0.740. The molecule has 0 radical (unpaired) electrons. The zero-order valence-corrected chi connectivity index (χ0v) is 11.7. The number of aromatic nitrogens is 1. The van der Waals surface area contributed by atoms with Crippen LogP contribution < -0.4 is 5.32 Å². The molecule has 2 aromatic carbocycles. The van der Waals surface area contributed by atoms with Crippen molar-refractivity contribution in [2.24, 2.45) is 0 Å². The fraction of sp³-hybridized carbons (Fsp3) is 0. The molecule has 3 nitrogen and oxygen atoms in total. The maximum absolute atomic E-state index is 13.0. The van der Waals surface area contributed by atoms with Gasteiger partial charge in [-0.2, -0.15) is 0 Å². The summed E-state index contributed by atoms with van der Waals surface area (Å²) in [6.45, 7) is 0. The van der Waals surface area contributed by atoms with E-state index in [0.717, 1.165) is 10.2 Å². The highest BCUT2D eigenvalue weighted by atomic mass is 32.1. The van der Waals surface area contributed by atoms with Crippen LogP contribution in [-0.2, 0) is 4.79 Å². The van der Waals surface area contributed by atoms with Crippen LogP contribution >= 0.6 is 11.3 Å². The van der Waals surface area contributed by atoms with Gasteiger partial charge in [0.2, 0.25) is 5.91 Å². The zero-order chi connectivity index (χ0) is 14.7. The molecule has 104 valence electrons. The highest BCUT2D eigenvalue weighted by Gasteiger charge is 2.04. The summed E-state index contributed by atoms with van der Waals surface area (Å²) < 4.78 is 14.0. The first kappa shape index (κ1) is 13.5. The molecule has 1 aromatic heterocycles. The Labute approximate surface area is 124 Å². The molecule has 0 atom stereocenters. The summed E-state index contributed by atoms with van der Waals surface area (Å²) in [4.78, 5) is 16.1. The van der Waals surface area contributed by atoms with Gasteiger partial charge in [0.1, 0.15) is 5.82 Å². The van der Waals surface area contributed by atoms with Crippen molar-refractivity contribution < 1.29 is 9.18 Å². The van der Waals surface area contributed by atoms with Crippen LogP contribution in [0.3, 0.4) is 0 Å². The third-order valence-corrected chi connectivity index (χ3v) is 3.75. The van der Waals surface area contributed by atoms with Gasteiger partial charge in [-0.15, -0.1) is 0 Å². The summed E-state index contributed by atoms with van der Waals surface area (Å²) in [5, 5.41) is 3.25. The molecule has 0 aliphatic rings. The van der Waals surface area contributed by atoms with Gasteiger partial charge in [0.15, 0.2) is 5.13 Å². The number of benzene rings is 2. The normalized spacial score (nSPS) is 11.1. The van der Waals surface area contributed by atoms with Crippen LogP contribution in [0.15, 0.2) is 54.6 Å². The van der Waals surface area contributed by atoms with E-state index in [-0.39, 0.29) is 11.7 Å². The fourth-order valence-corrected chi connectivity index (χ4v) is 2.72. The van der Waals surface area contributed by atoms with Gasteiger partial charge in [-0.25, -0.2) is 9.37 Å². The lowest BCUT2D eigenvalue weighted by Gasteiger charge is -1.96. The summed E-state index contributed by atoms with van der Waals surface area (Å²) in [5.41, 5.74) is 1.49. The number of rotatable bonds is 3. The van der Waals surface area contributed by atoms with E-state index in [2.05, 4.69) is 10.3 Å². The SMILES string of the molecule is O=C(C=Cc1cccc(F)c1)Nc1nc2ccccc2s1. The Hall–Kier alpha value is -2.53. The molecule has 0 aliphatic heterocycles. The van der Waals surface area contributed by atoms with Gasteiger partial charge in [-0.05, 0) is 35.9 Å². The van der Waals surface area contributed by atoms with Gasteiger partial charge >= 0.3 is 0 Å². The van der Waals surface area contributed by atoms with E-state index in [0.29, 0.717) is 10.7 Å². The Morgan fingerprint density at radius 2 is 2.05 bits per heavy atom. The van der Waals surface area contributed by atoms with Gasteiger partial charge in [0.25, 0.3) is 0 Å². The van der Waals surface area contributed by atoms with Crippen molar-refractivity contribution in [1.29, 1.82) is 0 Å². The number of hydrogen-bond acceptors (Lipinski definition) is 3. The van der Waals surface area contributed by atoms with Gasteiger partial charge in [-0.1, -0.05) is 35.6 Å². The standard InChI is InChI=1S/C16H11FN2OS/c17-12-5-3-4-11(10-12)8-9-15(20)19-16-18-13-6-1-2-7-14(13)21-16/h1-10H,(H,18,19,20). The number of anilines is 1. The molecule has 0 spiro atoms. The van der Waals surface area contributed by atoms with E-state index < -0.39 is 0 Å². The second kappa shape index (κ2) is 5.85. The van der Waals surface area contributed by atoms with Gasteiger partial charge < -0.3 is 0 Å². The van der Waals surface area contributed by atoms with Crippen LogP contribution in [0.4, 0.5) is 9.52 Å². The third-order valence-electron chi connectivity index (χ3n) is 2.80. The minimum absolute atomic E-state index is 0.293. The third kappa shape index (κ3) is 3.32. The lowest BCUT2D eigenvalue weighted by Crippen LogP contribution is -2.07. The largest absolute Gasteiger partial charge is 0.298 e. The maximum atomic E-state index is 13.0. The van der Waals surface area contributed by atoms with Crippen molar-refractivity contribution in [3.8, 4) is 0 Å². The highest BCUT2D eigenvalue weighted by Crippen LogP contribution is 2.25. The lowest BCUT2D eigenvalue weighted by molar-refractivity contribution is -0.111. The molecule has 5 heteroatoms. The number of para-hydroxylation sites is 1. The molecule has 0 fully saturated rings. The zero-order valence-electron chi connectivity index (χ0n) is 10.9. The van der Waals surface area contributed by atoms with Crippen LogP contribution in [0.25, 0.3) is 16.3 Å². The van der Waals surface area contributed by atoms with Crippen molar-refractivity contribution in [1.82, 2.24) is 4.98 Å². The number of thiazole rings is 1. The minimum Gasteiger partial charge on any atom is -0.298 e. The average molecular weight is 298 g/mol. The van der Waals surface area contributed by atoms with Crippen molar-refractivity contribution in [2.45, 2.75) is 0 Å². The monoisotopic (exact) mass is 298 g/mol. The molecule has 0 saturated carbocycles. The first-order chi connectivity index (χ1) is 10.2. The van der Waals surface area contributed by atoms with Gasteiger partial charge in [0.05, 0.1) is 10.2 Å². The van der Waals surface area contributed by atoms with E-state index in [1.807, 2.05) is 24.3 Å². The van der Waals surface area contributed by atoms with E-state index >= 15 is 0 Å². The predicted octanol–water partition coefficient (Wildman–Crippen LogP) is 4.09. The number of amides is 1. The molecule has 0 bridgehead atoms.